The number of carbonyl (C=O) groups excluding carboxylic acids is 1. The van der Waals surface area contributed by atoms with Crippen LogP contribution in [0.4, 0.5) is 4.39 Å². The van der Waals surface area contributed by atoms with Gasteiger partial charge >= 0.3 is 0 Å². The molecule has 1 saturated carbocycles. The molecule has 3 N–H and O–H groups in total. The van der Waals surface area contributed by atoms with E-state index in [2.05, 4.69) is 20.6 Å². The highest BCUT2D eigenvalue weighted by Crippen LogP contribution is 2.27. The Balaban J connectivity index is 0.00000132. The summed E-state index contributed by atoms with van der Waals surface area (Å²) >= 11 is 0. The minimum absolute atomic E-state index is 0. The SMILES string of the molecule is Cl.Cl.O=C(CNCC1CC1)NCCc1nc2ccc(F)cc2[nH]1. The average Bonchev–Trinajstić information content (AvgIpc) is 3.18. The number of benzene rings is 1. The largest absolute Gasteiger partial charge is 0.355 e. The van der Waals surface area contributed by atoms with Gasteiger partial charge in [0.25, 0.3) is 0 Å². The number of carbonyl (C=O) groups is 1. The highest BCUT2D eigenvalue weighted by atomic mass is 35.5. The van der Waals surface area contributed by atoms with Crippen molar-refractivity contribution in [2.45, 2.75) is 19.3 Å². The molecule has 0 bridgehead atoms. The number of nitrogens with zero attached hydrogens (tertiary/aromatic N) is 1. The Kier molecular flexibility index (Phi) is 7.75. The maximum absolute atomic E-state index is 13.1. The van der Waals surface area contributed by atoms with E-state index >= 15 is 0 Å². The summed E-state index contributed by atoms with van der Waals surface area (Å²) in [4.78, 5) is 19.0. The van der Waals surface area contributed by atoms with Crippen LogP contribution in [-0.4, -0.2) is 35.5 Å². The third kappa shape index (κ3) is 5.97. The van der Waals surface area contributed by atoms with E-state index in [-0.39, 0.29) is 36.5 Å². The summed E-state index contributed by atoms with van der Waals surface area (Å²) in [6, 6.07) is 4.46. The molecule has 0 spiro atoms. The quantitative estimate of drug-likeness (QED) is 0.707. The van der Waals surface area contributed by atoms with Gasteiger partial charge in [0, 0.05) is 13.0 Å². The van der Waals surface area contributed by atoms with Crippen molar-refractivity contribution >= 4 is 41.8 Å². The summed E-state index contributed by atoms with van der Waals surface area (Å²) < 4.78 is 13.1. The fourth-order valence-corrected chi connectivity index (χ4v) is 2.25. The van der Waals surface area contributed by atoms with Crippen molar-refractivity contribution in [3.05, 3.63) is 29.8 Å². The lowest BCUT2D eigenvalue weighted by Gasteiger charge is -2.05. The molecule has 1 amide bonds. The van der Waals surface area contributed by atoms with Crippen LogP contribution < -0.4 is 10.6 Å². The zero-order valence-electron chi connectivity index (χ0n) is 12.6. The molecule has 128 valence electrons. The maximum atomic E-state index is 13.1. The van der Waals surface area contributed by atoms with Crippen molar-refractivity contribution in [3.63, 3.8) is 0 Å². The van der Waals surface area contributed by atoms with Crippen molar-refractivity contribution in [2.75, 3.05) is 19.6 Å². The van der Waals surface area contributed by atoms with Crippen LogP contribution in [0, 0.1) is 11.7 Å². The predicted octanol–water partition coefficient (Wildman–Crippen LogP) is 2.20. The number of rotatable bonds is 7. The lowest BCUT2D eigenvalue weighted by molar-refractivity contribution is -0.120. The van der Waals surface area contributed by atoms with Gasteiger partial charge in [0.1, 0.15) is 11.6 Å². The first-order chi connectivity index (χ1) is 10.2. The van der Waals surface area contributed by atoms with E-state index in [9.17, 15) is 9.18 Å². The first kappa shape index (κ1) is 19.7. The molecule has 0 unspecified atom stereocenters. The van der Waals surface area contributed by atoms with Crippen LogP contribution in [0.25, 0.3) is 11.0 Å². The molecule has 1 aliphatic rings. The molecule has 1 aromatic carbocycles. The summed E-state index contributed by atoms with van der Waals surface area (Å²) in [5.41, 5.74) is 1.42. The molecule has 8 heteroatoms. The normalized spacial score (nSPS) is 13.3. The van der Waals surface area contributed by atoms with E-state index in [4.69, 9.17) is 0 Å². The molecular formula is C15H21Cl2FN4O. The van der Waals surface area contributed by atoms with Crippen LogP contribution in [0.5, 0.6) is 0 Å². The van der Waals surface area contributed by atoms with E-state index in [0.29, 0.717) is 25.0 Å². The van der Waals surface area contributed by atoms with Gasteiger partial charge in [0.05, 0.1) is 17.6 Å². The number of imidazole rings is 1. The lowest BCUT2D eigenvalue weighted by atomic mass is 10.3. The Hall–Kier alpha value is -1.37. The maximum Gasteiger partial charge on any atom is 0.233 e. The molecule has 2 aromatic rings. The van der Waals surface area contributed by atoms with Crippen LogP contribution in [-0.2, 0) is 11.2 Å². The second kappa shape index (κ2) is 9.05. The molecule has 0 saturated heterocycles. The molecule has 1 fully saturated rings. The van der Waals surface area contributed by atoms with Crippen molar-refractivity contribution in [2.24, 2.45) is 5.92 Å². The van der Waals surface area contributed by atoms with Gasteiger partial charge in [-0.3, -0.25) is 4.79 Å². The van der Waals surface area contributed by atoms with Crippen LogP contribution in [0.3, 0.4) is 0 Å². The fraction of sp³-hybridized carbons (Fsp3) is 0.467. The minimum Gasteiger partial charge on any atom is -0.355 e. The Bertz CT molecular complexity index is 645. The van der Waals surface area contributed by atoms with E-state index < -0.39 is 0 Å². The first-order valence-corrected chi connectivity index (χ1v) is 7.32. The van der Waals surface area contributed by atoms with Crippen molar-refractivity contribution in [1.82, 2.24) is 20.6 Å². The summed E-state index contributed by atoms with van der Waals surface area (Å²) in [5.74, 6) is 1.24. The number of nitrogens with one attached hydrogen (secondary N) is 3. The number of hydrogen-bond acceptors (Lipinski definition) is 3. The summed E-state index contributed by atoms with van der Waals surface area (Å²) in [6.45, 7) is 1.82. The monoisotopic (exact) mass is 362 g/mol. The summed E-state index contributed by atoms with van der Waals surface area (Å²) in [5, 5.41) is 5.99. The number of aromatic amines is 1. The smallest absolute Gasteiger partial charge is 0.233 e. The molecule has 1 aliphatic carbocycles. The van der Waals surface area contributed by atoms with Crippen LogP contribution in [0.2, 0.25) is 0 Å². The van der Waals surface area contributed by atoms with Gasteiger partial charge in [-0.15, -0.1) is 24.8 Å². The summed E-state index contributed by atoms with van der Waals surface area (Å²) in [6.07, 6.45) is 3.16. The zero-order chi connectivity index (χ0) is 14.7. The van der Waals surface area contributed by atoms with E-state index in [1.54, 1.807) is 6.07 Å². The van der Waals surface area contributed by atoms with E-state index in [1.165, 1.54) is 25.0 Å². The Morgan fingerprint density at radius 3 is 2.87 bits per heavy atom. The summed E-state index contributed by atoms with van der Waals surface area (Å²) in [7, 11) is 0. The standard InChI is InChI=1S/C15H19FN4O.2ClH/c16-11-3-4-12-13(7-11)20-14(19-12)5-6-18-15(21)9-17-8-10-1-2-10;;/h3-4,7,10,17H,1-2,5-6,8-9H2,(H,18,21)(H,19,20);2*1H. The van der Waals surface area contributed by atoms with Gasteiger partial charge in [0.15, 0.2) is 0 Å². The average molecular weight is 363 g/mol. The molecule has 0 atom stereocenters. The van der Waals surface area contributed by atoms with Gasteiger partial charge in [0.2, 0.25) is 5.91 Å². The predicted molar refractivity (Wildman–Crippen MR) is 92.9 cm³/mol. The number of aromatic nitrogens is 2. The third-order valence-electron chi connectivity index (χ3n) is 3.59. The lowest BCUT2D eigenvalue weighted by Crippen LogP contribution is -2.35. The van der Waals surface area contributed by atoms with Gasteiger partial charge < -0.3 is 15.6 Å². The molecule has 1 heterocycles. The highest BCUT2D eigenvalue weighted by molar-refractivity contribution is 5.85. The Labute approximate surface area is 146 Å². The number of amides is 1. The molecule has 23 heavy (non-hydrogen) atoms. The number of hydrogen-bond donors (Lipinski definition) is 3. The topological polar surface area (TPSA) is 69.8 Å². The van der Waals surface area contributed by atoms with E-state index in [1.807, 2.05) is 0 Å². The molecule has 3 rings (SSSR count). The number of H-pyrrole nitrogens is 1. The first-order valence-electron chi connectivity index (χ1n) is 7.32. The number of halogens is 3. The van der Waals surface area contributed by atoms with Crippen LogP contribution in [0.15, 0.2) is 18.2 Å². The second-order valence-electron chi connectivity index (χ2n) is 5.52. The Morgan fingerprint density at radius 1 is 1.35 bits per heavy atom. The van der Waals surface area contributed by atoms with Crippen molar-refractivity contribution < 1.29 is 9.18 Å². The van der Waals surface area contributed by atoms with Gasteiger partial charge in [-0.2, -0.15) is 0 Å². The van der Waals surface area contributed by atoms with Crippen LogP contribution >= 0.6 is 24.8 Å². The fourth-order valence-electron chi connectivity index (χ4n) is 2.25. The van der Waals surface area contributed by atoms with Gasteiger partial charge in [-0.25, -0.2) is 9.37 Å². The third-order valence-corrected chi connectivity index (χ3v) is 3.59. The van der Waals surface area contributed by atoms with Crippen molar-refractivity contribution in [3.8, 4) is 0 Å². The Morgan fingerprint density at radius 2 is 2.13 bits per heavy atom. The second-order valence-corrected chi connectivity index (χ2v) is 5.52. The minimum atomic E-state index is -0.285. The molecule has 0 radical (unpaired) electrons. The number of fused-ring (bicyclic) bond motifs is 1. The van der Waals surface area contributed by atoms with E-state index in [0.717, 1.165) is 23.8 Å². The molecular weight excluding hydrogens is 342 g/mol. The highest BCUT2D eigenvalue weighted by Gasteiger charge is 2.20. The molecule has 0 aliphatic heterocycles. The zero-order valence-corrected chi connectivity index (χ0v) is 14.2. The van der Waals surface area contributed by atoms with Crippen molar-refractivity contribution in [1.29, 1.82) is 0 Å². The molecule has 1 aromatic heterocycles. The molecule has 5 nitrogen and oxygen atoms in total. The van der Waals surface area contributed by atoms with Gasteiger partial charge in [-0.1, -0.05) is 0 Å². The van der Waals surface area contributed by atoms with Crippen LogP contribution in [0.1, 0.15) is 18.7 Å². The van der Waals surface area contributed by atoms with Gasteiger partial charge in [-0.05, 0) is 43.5 Å².